The lowest BCUT2D eigenvalue weighted by Gasteiger charge is -2.40. The summed E-state index contributed by atoms with van der Waals surface area (Å²) in [6.07, 6.45) is 28.0. The van der Waals surface area contributed by atoms with Crippen LogP contribution in [0.25, 0.3) is 0 Å². The molecule has 0 saturated carbocycles. The van der Waals surface area contributed by atoms with Gasteiger partial charge in [-0.3, -0.25) is 14.2 Å². The molecule has 0 saturated heterocycles. The number of unbranched alkanes of at least 4 members (excludes halogenated alkanes) is 24. The van der Waals surface area contributed by atoms with Crippen LogP contribution in [-0.2, 0) is 18.7 Å². The van der Waals surface area contributed by atoms with Gasteiger partial charge >= 0.3 is 0 Å². The first-order chi connectivity index (χ1) is 23.7. The molecule has 298 valence electrons. The zero-order chi connectivity index (χ0) is 37.7. The van der Waals surface area contributed by atoms with Gasteiger partial charge in [0.05, 0.1) is 33.7 Å². The molecule has 3 N–H and O–H groups in total. The fourth-order valence-corrected chi connectivity index (χ4v) is 7.57. The molecule has 0 aromatic carbocycles. The summed E-state index contributed by atoms with van der Waals surface area (Å²) in [6, 6.07) is 0. The molecule has 0 aromatic rings. The number of Topliss-reactive ketones (excluding diaryl/α,β-unsaturated/α-hetero) is 2. The third-order valence-corrected chi connectivity index (χ3v) is 10.5. The van der Waals surface area contributed by atoms with Crippen LogP contribution in [0.15, 0.2) is 0 Å². The van der Waals surface area contributed by atoms with Crippen molar-refractivity contribution in [1.29, 1.82) is 0 Å². The second-order valence-corrected chi connectivity index (χ2v) is 17.2. The number of nitrogens with zero attached hydrogens (tertiary/aromatic N) is 1. The Kier molecular flexibility index (Phi) is 29.3. The molecule has 10 heteroatoms. The molecule has 0 aliphatic carbocycles. The van der Waals surface area contributed by atoms with Crippen molar-refractivity contribution in [2.24, 2.45) is 5.92 Å². The maximum Gasteiger partial charge on any atom is 0.265 e. The van der Waals surface area contributed by atoms with E-state index >= 15 is 0 Å². The molecule has 0 rings (SSSR count). The van der Waals surface area contributed by atoms with Gasteiger partial charge in [-0.25, -0.2) is 0 Å². The number of hydrogen-bond donors (Lipinski definition) is 3. The number of rotatable bonds is 37. The van der Waals surface area contributed by atoms with Gasteiger partial charge in [-0.15, -0.1) is 0 Å². The van der Waals surface area contributed by atoms with Crippen LogP contribution in [0.5, 0.6) is 0 Å². The summed E-state index contributed by atoms with van der Waals surface area (Å²) in [6.45, 7) is 3.34. The normalized spacial score (nSPS) is 15.8. The van der Waals surface area contributed by atoms with E-state index in [0.29, 0.717) is 12.8 Å². The highest BCUT2D eigenvalue weighted by molar-refractivity contribution is 7.44. The maximum atomic E-state index is 13.8. The monoisotopic (exact) mass is 734 g/mol. The summed E-state index contributed by atoms with van der Waals surface area (Å²) in [5.74, 6) is -2.86. The van der Waals surface area contributed by atoms with E-state index in [9.17, 15) is 34.2 Å². The van der Waals surface area contributed by atoms with Gasteiger partial charge in [0.25, 0.3) is 7.82 Å². The molecular weight excluding hydrogens is 653 g/mol. The van der Waals surface area contributed by atoms with Gasteiger partial charge in [0.2, 0.25) is 0 Å². The van der Waals surface area contributed by atoms with Crippen molar-refractivity contribution >= 4 is 19.4 Å². The lowest BCUT2D eigenvalue weighted by molar-refractivity contribution is -0.873. The van der Waals surface area contributed by atoms with Crippen molar-refractivity contribution in [3.63, 3.8) is 0 Å². The Bertz CT molecular complexity index is 889. The highest BCUT2D eigenvalue weighted by Gasteiger charge is 2.52. The highest BCUT2D eigenvalue weighted by atomic mass is 31.2. The second-order valence-electron chi connectivity index (χ2n) is 16.0. The molecule has 0 heterocycles. The second kappa shape index (κ2) is 29.7. The predicted octanol–water partition coefficient (Wildman–Crippen LogP) is 8.98. The van der Waals surface area contributed by atoms with Crippen molar-refractivity contribution in [1.82, 2.24) is 0 Å². The van der Waals surface area contributed by atoms with Crippen molar-refractivity contribution in [3.8, 4) is 0 Å². The molecule has 0 aromatic heterocycles. The van der Waals surface area contributed by atoms with Crippen LogP contribution in [0.2, 0.25) is 0 Å². The zero-order valence-corrected chi connectivity index (χ0v) is 34.0. The van der Waals surface area contributed by atoms with Crippen LogP contribution < -0.4 is 4.89 Å². The molecule has 0 aliphatic heterocycles. The van der Waals surface area contributed by atoms with Gasteiger partial charge in [-0.05, 0) is 12.8 Å². The fourth-order valence-electron chi connectivity index (χ4n) is 7.04. The summed E-state index contributed by atoms with van der Waals surface area (Å²) < 4.78 is 17.1. The Hall–Kier alpha value is -0.670. The quantitative estimate of drug-likeness (QED) is 0.0326. The molecule has 4 unspecified atom stereocenters. The van der Waals surface area contributed by atoms with E-state index in [-0.39, 0.29) is 23.9 Å². The number of likely N-dealkylation sites (N-methyl/N-ethyl adjacent to an activating group) is 1. The van der Waals surface area contributed by atoms with Crippen LogP contribution in [0.4, 0.5) is 0 Å². The third-order valence-electron chi connectivity index (χ3n) is 9.99. The molecule has 0 bridgehead atoms. The number of phosphoric ester groups is 1. The number of ketones is 2. The average Bonchev–Trinajstić information content (AvgIpc) is 3.03. The summed E-state index contributed by atoms with van der Waals surface area (Å²) in [7, 11) is -0.0746. The standard InChI is InChI=1S/C40H80NO8P/c1-6-8-10-12-14-16-18-20-22-24-26-28-30-32-36(43)39(37(34-41(3,4)5)49-50(46,47)48)40(45,35-42)38(44)33-31-29-27-25-23-21-19-17-15-13-11-9-7-2/h37,39,42,45H,6-35H2,1-5H3,(H-,46,47,48). The van der Waals surface area contributed by atoms with Gasteiger partial charge in [0, 0.05) is 12.8 Å². The van der Waals surface area contributed by atoms with Crippen LogP contribution in [0.1, 0.15) is 194 Å². The Morgan fingerprint density at radius 3 is 1.26 bits per heavy atom. The Morgan fingerprint density at radius 2 is 0.960 bits per heavy atom. The Balaban J connectivity index is 5.09. The average molecular weight is 734 g/mol. The Morgan fingerprint density at radius 1 is 0.640 bits per heavy atom. The van der Waals surface area contributed by atoms with Gasteiger partial charge in [0.1, 0.15) is 18.4 Å². The van der Waals surface area contributed by atoms with Crippen LogP contribution in [0, 0.1) is 5.92 Å². The van der Waals surface area contributed by atoms with Crippen molar-refractivity contribution < 1.29 is 43.2 Å². The largest absolute Gasteiger partial charge is 0.756 e. The first kappa shape index (κ1) is 49.3. The molecule has 0 fully saturated rings. The van der Waals surface area contributed by atoms with E-state index < -0.39 is 43.6 Å². The Labute approximate surface area is 307 Å². The number of aliphatic hydroxyl groups excluding tert-OH is 1. The van der Waals surface area contributed by atoms with E-state index in [1.807, 2.05) is 0 Å². The van der Waals surface area contributed by atoms with E-state index in [1.54, 1.807) is 21.1 Å². The minimum atomic E-state index is -5.34. The van der Waals surface area contributed by atoms with E-state index in [4.69, 9.17) is 4.52 Å². The van der Waals surface area contributed by atoms with Gasteiger partial charge in [-0.1, -0.05) is 168 Å². The van der Waals surface area contributed by atoms with Crippen molar-refractivity contribution in [2.75, 3.05) is 34.3 Å². The van der Waals surface area contributed by atoms with E-state index in [1.165, 1.54) is 103 Å². The van der Waals surface area contributed by atoms with Crippen LogP contribution >= 0.6 is 7.82 Å². The maximum absolute atomic E-state index is 13.8. The smallest absolute Gasteiger partial charge is 0.265 e. The molecule has 4 atom stereocenters. The summed E-state index contributed by atoms with van der Waals surface area (Å²) >= 11 is 0. The number of phosphoric acid groups is 1. The number of hydrogen-bond acceptors (Lipinski definition) is 7. The molecular formula is C40H80NO8P. The minimum absolute atomic E-state index is 0.0162. The number of carbonyl (C=O) groups is 2. The van der Waals surface area contributed by atoms with Crippen molar-refractivity contribution in [2.45, 2.75) is 205 Å². The lowest BCUT2D eigenvalue weighted by atomic mass is 9.75. The molecule has 9 nitrogen and oxygen atoms in total. The topological polar surface area (TPSA) is 144 Å². The van der Waals surface area contributed by atoms with Crippen LogP contribution in [0.3, 0.4) is 0 Å². The predicted molar refractivity (Wildman–Crippen MR) is 204 cm³/mol. The van der Waals surface area contributed by atoms with E-state index in [0.717, 1.165) is 51.4 Å². The first-order valence-electron chi connectivity index (χ1n) is 20.6. The number of carbonyl (C=O) groups excluding carboxylic acids is 2. The first-order valence-corrected chi connectivity index (χ1v) is 22.1. The minimum Gasteiger partial charge on any atom is -0.756 e. The fraction of sp³-hybridized carbons (Fsp3) is 0.950. The molecule has 0 aliphatic rings. The summed E-state index contributed by atoms with van der Waals surface area (Å²) in [5.41, 5.74) is -2.51. The molecule has 0 radical (unpaired) electrons. The van der Waals surface area contributed by atoms with Crippen LogP contribution in [-0.4, -0.2) is 77.2 Å². The van der Waals surface area contributed by atoms with Crippen molar-refractivity contribution in [3.05, 3.63) is 0 Å². The molecule has 50 heavy (non-hydrogen) atoms. The number of aliphatic hydroxyl groups is 2. The molecule has 0 spiro atoms. The number of quaternary nitrogens is 1. The summed E-state index contributed by atoms with van der Waals surface area (Å²) in [5, 5.41) is 22.1. The zero-order valence-electron chi connectivity index (χ0n) is 33.1. The lowest BCUT2D eigenvalue weighted by Crippen LogP contribution is -2.60. The highest BCUT2D eigenvalue weighted by Crippen LogP contribution is 2.39. The summed E-state index contributed by atoms with van der Waals surface area (Å²) in [4.78, 5) is 48.9. The van der Waals surface area contributed by atoms with Gasteiger partial charge in [-0.2, -0.15) is 0 Å². The third kappa shape index (κ3) is 26.1. The SMILES string of the molecule is CCCCCCCCCCCCCCCC(=O)C(C(C[N+](C)(C)C)OP(=O)([O-])O)C(O)(CO)C(=O)CCCCCCCCCCCCCCC. The van der Waals surface area contributed by atoms with E-state index in [2.05, 4.69) is 13.8 Å². The van der Waals surface area contributed by atoms with Gasteiger partial charge < -0.3 is 29.0 Å². The molecule has 0 amide bonds. The van der Waals surface area contributed by atoms with Gasteiger partial charge in [0.15, 0.2) is 11.4 Å².